The van der Waals surface area contributed by atoms with E-state index in [-0.39, 0.29) is 25.7 Å². The van der Waals surface area contributed by atoms with Crippen molar-refractivity contribution in [3.05, 3.63) is 0 Å². The van der Waals surface area contributed by atoms with Gasteiger partial charge in [-0.1, -0.05) is 312 Å². The summed E-state index contributed by atoms with van der Waals surface area (Å²) in [7, 11) is -9.90. The van der Waals surface area contributed by atoms with Crippen LogP contribution in [0.15, 0.2) is 0 Å². The number of aliphatic hydroxyl groups is 1. The predicted octanol–water partition coefficient (Wildman–Crippen LogP) is 20.6. The van der Waals surface area contributed by atoms with E-state index < -0.39 is 97.5 Å². The van der Waals surface area contributed by atoms with Crippen LogP contribution in [0.2, 0.25) is 0 Å². The summed E-state index contributed by atoms with van der Waals surface area (Å²) in [6.07, 6.45) is 47.2. The highest BCUT2D eigenvalue weighted by molar-refractivity contribution is 7.47. The number of carbonyl (C=O) groups is 4. The zero-order valence-corrected chi connectivity index (χ0v) is 61.1. The van der Waals surface area contributed by atoms with E-state index >= 15 is 0 Å². The number of carbonyl (C=O) groups excluding carboxylic acids is 4. The van der Waals surface area contributed by atoms with Gasteiger partial charge in [0.15, 0.2) is 12.2 Å². The number of unbranched alkanes of at least 4 members (excludes halogenated alkanes) is 38. The first-order chi connectivity index (χ1) is 43.7. The van der Waals surface area contributed by atoms with E-state index in [0.717, 1.165) is 108 Å². The normalized spacial score (nSPS) is 14.2. The Balaban J connectivity index is 5.25. The number of esters is 4. The van der Waals surface area contributed by atoms with Gasteiger partial charge in [0.1, 0.15) is 19.3 Å². The molecule has 0 aliphatic heterocycles. The first-order valence-corrected chi connectivity index (χ1v) is 40.3. The second kappa shape index (κ2) is 62.8. The van der Waals surface area contributed by atoms with Crippen molar-refractivity contribution in [1.82, 2.24) is 0 Å². The van der Waals surface area contributed by atoms with E-state index in [1.165, 1.54) is 167 Å². The first kappa shape index (κ1) is 89.1. The zero-order valence-electron chi connectivity index (χ0n) is 59.3. The third-order valence-electron chi connectivity index (χ3n) is 16.6. The van der Waals surface area contributed by atoms with Crippen molar-refractivity contribution in [2.24, 2.45) is 17.8 Å². The predicted molar refractivity (Wildman–Crippen MR) is 368 cm³/mol. The molecule has 0 amide bonds. The summed E-state index contributed by atoms with van der Waals surface area (Å²) >= 11 is 0. The van der Waals surface area contributed by atoms with Crippen LogP contribution in [0.4, 0.5) is 0 Å². The first-order valence-electron chi connectivity index (χ1n) is 37.3. The molecule has 0 radical (unpaired) electrons. The average Bonchev–Trinajstić information content (AvgIpc) is 3.55. The molecular weight excluding hydrogens is 1200 g/mol. The molecule has 5 atom stereocenters. The summed E-state index contributed by atoms with van der Waals surface area (Å²) in [6.45, 7) is 11.8. The molecule has 91 heavy (non-hydrogen) atoms. The molecule has 0 aromatic heterocycles. The Morgan fingerprint density at radius 3 is 0.747 bits per heavy atom. The van der Waals surface area contributed by atoms with Gasteiger partial charge in [-0.05, 0) is 43.4 Å². The fourth-order valence-electron chi connectivity index (χ4n) is 10.9. The number of rotatable bonds is 70. The van der Waals surface area contributed by atoms with Gasteiger partial charge in [0.05, 0.1) is 26.4 Å². The van der Waals surface area contributed by atoms with Gasteiger partial charge in [0, 0.05) is 25.7 Å². The second-order valence-corrected chi connectivity index (χ2v) is 30.3. The molecular formula is C72H140O17P2. The fourth-order valence-corrected chi connectivity index (χ4v) is 12.5. The Morgan fingerprint density at radius 1 is 0.297 bits per heavy atom. The van der Waals surface area contributed by atoms with E-state index in [9.17, 15) is 43.2 Å². The zero-order chi connectivity index (χ0) is 67.3. The summed E-state index contributed by atoms with van der Waals surface area (Å²) in [6, 6.07) is 0. The standard InChI is InChI=1S/C72H140O17P2/c1-8-9-10-11-12-13-14-15-21-27-32-41-48-55-72(77)89-68(60-83-70(75)54-47-40-35-34-38-45-52-65(6)7)62-87-91(80,81)85-58-66(73)57-84-90(78,79)86-61-67(59-82-69(74)53-46-39-31-26-23-18-20-25-30-37-44-51-64(4)5)88-71(76)56-49-42-33-28-22-17-16-19-24-29-36-43-50-63(2)3/h63-68,73H,8-62H2,1-7H3,(H,78,79)(H,80,81)/t66-,67-,68-/m1/s1. The largest absolute Gasteiger partial charge is 0.472 e. The maximum absolute atomic E-state index is 13.0. The monoisotopic (exact) mass is 1340 g/mol. The van der Waals surface area contributed by atoms with Crippen molar-refractivity contribution in [3.63, 3.8) is 0 Å². The van der Waals surface area contributed by atoms with Crippen LogP contribution < -0.4 is 0 Å². The van der Waals surface area contributed by atoms with Gasteiger partial charge >= 0.3 is 39.5 Å². The molecule has 3 N–H and O–H groups in total. The molecule has 0 aliphatic rings. The van der Waals surface area contributed by atoms with Gasteiger partial charge in [0.25, 0.3) is 0 Å². The molecule has 0 rings (SSSR count). The number of phosphoric ester groups is 2. The molecule has 0 bridgehead atoms. The highest BCUT2D eigenvalue weighted by atomic mass is 31.2. The topological polar surface area (TPSA) is 237 Å². The van der Waals surface area contributed by atoms with Crippen LogP contribution in [-0.4, -0.2) is 96.7 Å². The maximum atomic E-state index is 13.0. The second-order valence-electron chi connectivity index (χ2n) is 27.4. The van der Waals surface area contributed by atoms with E-state index in [4.69, 9.17) is 37.0 Å². The molecule has 0 aliphatic carbocycles. The van der Waals surface area contributed by atoms with Crippen molar-refractivity contribution >= 4 is 39.5 Å². The maximum Gasteiger partial charge on any atom is 0.472 e. The number of phosphoric acid groups is 2. The minimum atomic E-state index is -4.95. The Labute approximate surface area is 556 Å². The van der Waals surface area contributed by atoms with Gasteiger partial charge in [-0.25, -0.2) is 9.13 Å². The lowest BCUT2D eigenvalue weighted by Crippen LogP contribution is -2.30. The molecule has 0 aromatic rings. The molecule has 0 heterocycles. The minimum absolute atomic E-state index is 0.106. The van der Waals surface area contributed by atoms with Crippen LogP contribution >= 0.6 is 15.6 Å². The molecule has 0 fully saturated rings. The summed E-state index contributed by atoms with van der Waals surface area (Å²) in [4.78, 5) is 72.6. The molecule has 0 spiro atoms. The van der Waals surface area contributed by atoms with Crippen molar-refractivity contribution in [3.8, 4) is 0 Å². The van der Waals surface area contributed by atoms with Crippen molar-refractivity contribution in [2.75, 3.05) is 39.6 Å². The van der Waals surface area contributed by atoms with E-state index in [1.54, 1.807) is 0 Å². The van der Waals surface area contributed by atoms with Gasteiger partial charge in [0.2, 0.25) is 0 Å². The number of aliphatic hydroxyl groups excluding tert-OH is 1. The summed E-state index contributed by atoms with van der Waals surface area (Å²) < 4.78 is 68.4. The van der Waals surface area contributed by atoms with Crippen LogP contribution in [0, 0.1) is 17.8 Å². The van der Waals surface area contributed by atoms with Crippen molar-refractivity contribution in [1.29, 1.82) is 0 Å². The average molecular weight is 1340 g/mol. The van der Waals surface area contributed by atoms with Crippen LogP contribution in [0.25, 0.3) is 0 Å². The minimum Gasteiger partial charge on any atom is -0.462 e. The molecule has 540 valence electrons. The quantitative estimate of drug-likeness (QED) is 0.0222. The molecule has 0 saturated heterocycles. The molecule has 2 unspecified atom stereocenters. The van der Waals surface area contributed by atoms with Crippen LogP contribution in [-0.2, 0) is 65.4 Å². The Hall–Kier alpha value is -1.94. The van der Waals surface area contributed by atoms with Gasteiger partial charge in [-0.2, -0.15) is 0 Å². The van der Waals surface area contributed by atoms with E-state index in [1.807, 2.05) is 0 Å². The highest BCUT2D eigenvalue weighted by Gasteiger charge is 2.30. The number of ether oxygens (including phenoxy) is 4. The SMILES string of the molecule is CCCCCCCCCCCCCCCC(=O)O[C@H](COC(=O)CCCCCCCCC(C)C)COP(=O)(O)OC[C@H](O)COP(=O)(O)OC[C@@H](COC(=O)CCCCCCCCCCCCCC(C)C)OC(=O)CCCCCCCCCCCCCCC(C)C. The van der Waals surface area contributed by atoms with Gasteiger partial charge in [-0.3, -0.25) is 37.3 Å². The van der Waals surface area contributed by atoms with Gasteiger partial charge in [-0.15, -0.1) is 0 Å². The lowest BCUT2D eigenvalue weighted by Gasteiger charge is -2.21. The van der Waals surface area contributed by atoms with Crippen molar-refractivity contribution in [2.45, 2.75) is 381 Å². The number of hydrogen-bond donors (Lipinski definition) is 3. The van der Waals surface area contributed by atoms with E-state index in [2.05, 4.69) is 48.5 Å². The fraction of sp³-hybridized carbons (Fsp3) is 0.944. The van der Waals surface area contributed by atoms with Gasteiger partial charge < -0.3 is 33.8 Å². The summed E-state index contributed by atoms with van der Waals surface area (Å²) in [5, 5.41) is 10.6. The third kappa shape index (κ3) is 66.5. The van der Waals surface area contributed by atoms with Crippen molar-refractivity contribution < 1.29 is 80.2 Å². The summed E-state index contributed by atoms with van der Waals surface area (Å²) in [5.74, 6) is 0.104. The molecule has 0 aromatic carbocycles. The van der Waals surface area contributed by atoms with Crippen LogP contribution in [0.5, 0.6) is 0 Å². The summed E-state index contributed by atoms with van der Waals surface area (Å²) in [5.41, 5.74) is 0. The third-order valence-corrected chi connectivity index (χ3v) is 18.5. The highest BCUT2D eigenvalue weighted by Crippen LogP contribution is 2.45. The Bertz CT molecular complexity index is 1780. The lowest BCUT2D eigenvalue weighted by molar-refractivity contribution is -0.161. The van der Waals surface area contributed by atoms with Crippen LogP contribution in [0.1, 0.15) is 363 Å². The smallest absolute Gasteiger partial charge is 0.462 e. The molecule has 17 nitrogen and oxygen atoms in total. The lowest BCUT2D eigenvalue weighted by atomic mass is 10.0. The Kier molecular flexibility index (Phi) is 61.5. The van der Waals surface area contributed by atoms with Crippen LogP contribution in [0.3, 0.4) is 0 Å². The number of hydrogen-bond acceptors (Lipinski definition) is 15. The molecule has 19 heteroatoms. The Morgan fingerprint density at radius 2 is 0.505 bits per heavy atom. The van der Waals surface area contributed by atoms with E-state index in [0.29, 0.717) is 31.6 Å². The molecule has 0 saturated carbocycles.